The van der Waals surface area contributed by atoms with E-state index in [1.54, 1.807) is 23.7 Å². The number of hydroxylamine groups is 1. The smallest absolute Gasteiger partial charge is 0.273 e. The maximum Gasteiger partial charge on any atom is 0.273 e. The second-order valence-electron chi connectivity index (χ2n) is 3.85. The van der Waals surface area contributed by atoms with Crippen LogP contribution in [-0.2, 0) is 4.79 Å². The molecule has 1 fully saturated rings. The van der Waals surface area contributed by atoms with Crippen LogP contribution in [0.1, 0.15) is 23.3 Å². The molecule has 2 rings (SSSR count). The van der Waals surface area contributed by atoms with Gasteiger partial charge in [0.1, 0.15) is 11.7 Å². The second kappa shape index (κ2) is 4.92. The summed E-state index contributed by atoms with van der Waals surface area (Å²) in [5.74, 6) is -0.830. The van der Waals surface area contributed by atoms with Gasteiger partial charge in [0.25, 0.3) is 11.8 Å². The Kier molecular flexibility index (Phi) is 3.34. The molecular formula is C11H13N3O3. The van der Waals surface area contributed by atoms with Gasteiger partial charge in [-0.25, -0.2) is 5.48 Å². The lowest BCUT2D eigenvalue weighted by Gasteiger charge is -2.22. The third kappa shape index (κ3) is 2.26. The van der Waals surface area contributed by atoms with Crippen LogP contribution in [0.4, 0.5) is 0 Å². The van der Waals surface area contributed by atoms with Gasteiger partial charge in [-0.05, 0) is 25.0 Å². The Bertz CT molecular complexity index is 421. The predicted octanol–water partition coefficient (Wildman–Crippen LogP) is 0.192. The topological polar surface area (TPSA) is 82.5 Å². The van der Waals surface area contributed by atoms with Crippen LogP contribution in [0.3, 0.4) is 0 Å². The normalized spacial score (nSPS) is 19.1. The number of carbonyl (C=O) groups excluding carboxylic acids is 2. The van der Waals surface area contributed by atoms with Crippen LogP contribution in [-0.4, -0.2) is 39.5 Å². The molecule has 2 amide bonds. The van der Waals surface area contributed by atoms with Crippen LogP contribution in [0.25, 0.3) is 0 Å². The van der Waals surface area contributed by atoms with Crippen LogP contribution in [0, 0.1) is 0 Å². The first-order valence-corrected chi connectivity index (χ1v) is 5.40. The van der Waals surface area contributed by atoms with Gasteiger partial charge in [0.2, 0.25) is 0 Å². The fourth-order valence-corrected chi connectivity index (χ4v) is 1.99. The lowest BCUT2D eigenvalue weighted by molar-refractivity contribution is -0.133. The molecular weight excluding hydrogens is 222 g/mol. The van der Waals surface area contributed by atoms with Crippen LogP contribution < -0.4 is 5.48 Å². The maximum atomic E-state index is 12.1. The molecule has 2 heterocycles. The fourth-order valence-electron chi connectivity index (χ4n) is 1.99. The van der Waals surface area contributed by atoms with Gasteiger partial charge in [-0.15, -0.1) is 0 Å². The van der Waals surface area contributed by atoms with E-state index in [1.165, 1.54) is 11.1 Å². The minimum atomic E-state index is -0.602. The maximum absolute atomic E-state index is 12.1. The van der Waals surface area contributed by atoms with Crippen molar-refractivity contribution in [2.45, 2.75) is 18.9 Å². The number of nitrogens with one attached hydrogen (secondary N) is 1. The molecule has 0 radical (unpaired) electrons. The summed E-state index contributed by atoms with van der Waals surface area (Å²) in [4.78, 5) is 28.9. The highest BCUT2D eigenvalue weighted by molar-refractivity contribution is 5.96. The number of nitrogens with zero attached hydrogens (tertiary/aromatic N) is 2. The SMILES string of the molecule is O=C(NO)[C@@H]1CCCN1C(=O)c1ccccn1. The van der Waals surface area contributed by atoms with Gasteiger partial charge in [0.15, 0.2) is 0 Å². The van der Waals surface area contributed by atoms with Crippen molar-refractivity contribution in [1.82, 2.24) is 15.4 Å². The quantitative estimate of drug-likeness (QED) is 0.566. The predicted molar refractivity (Wildman–Crippen MR) is 58.2 cm³/mol. The number of amides is 2. The summed E-state index contributed by atoms with van der Waals surface area (Å²) in [6.07, 6.45) is 2.84. The van der Waals surface area contributed by atoms with Crippen molar-refractivity contribution in [3.63, 3.8) is 0 Å². The molecule has 90 valence electrons. The summed E-state index contributed by atoms with van der Waals surface area (Å²) in [6, 6.07) is 4.44. The number of hydrogen-bond acceptors (Lipinski definition) is 4. The van der Waals surface area contributed by atoms with Crippen molar-refractivity contribution >= 4 is 11.8 Å². The van der Waals surface area contributed by atoms with Gasteiger partial charge in [0, 0.05) is 12.7 Å². The first kappa shape index (κ1) is 11.5. The number of hydrogen-bond donors (Lipinski definition) is 2. The van der Waals surface area contributed by atoms with Crippen LogP contribution in [0.5, 0.6) is 0 Å². The first-order chi connectivity index (χ1) is 8.24. The monoisotopic (exact) mass is 235 g/mol. The molecule has 0 bridgehead atoms. The first-order valence-electron chi connectivity index (χ1n) is 5.40. The summed E-state index contributed by atoms with van der Waals surface area (Å²) in [6.45, 7) is 0.507. The van der Waals surface area contributed by atoms with Crippen molar-refractivity contribution in [3.05, 3.63) is 30.1 Å². The summed E-state index contributed by atoms with van der Waals surface area (Å²) >= 11 is 0. The van der Waals surface area contributed by atoms with E-state index in [4.69, 9.17) is 5.21 Å². The third-order valence-electron chi connectivity index (χ3n) is 2.81. The minimum Gasteiger partial charge on any atom is -0.325 e. The molecule has 0 spiro atoms. The molecule has 1 saturated heterocycles. The number of aromatic nitrogens is 1. The summed E-state index contributed by atoms with van der Waals surface area (Å²) < 4.78 is 0. The number of carbonyl (C=O) groups is 2. The molecule has 0 aromatic carbocycles. The van der Waals surface area contributed by atoms with Crippen molar-refractivity contribution < 1.29 is 14.8 Å². The average Bonchev–Trinajstić information content (AvgIpc) is 2.87. The van der Waals surface area contributed by atoms with Gasteiger partial charge in [-0.2, -0.15) is 0 Å². The van der Waals surface area contributed by atoms with Gasteiger partial charge < -0.3 is 4.90 Å². The lowest BCUT2D eigenvalue weighted by atomic mass is 10.2. The minimum absolute atomic E-state index is 0.281. The molecule has 0 unspecified atom stereocenters. The Morgan fingerprint density at radius 2 is 2.29 bits per heavy atom. The molecule has 6 heteroatoms. The number of pyridine rings is 1. The molecule has 1 aromatic rings. The van der Waals surface area contributed by atoms with Gasteiger partial charge in [0.05, 0.1) is 0 Å². The zero-order chi connectivity index (χ0) is 12.3. The molecule has 1 atom stereocenters. The zero-order valence-corrected chi connectivity index (χ0v) is 9.17. The zero-order valence-electron chi connectivity index (χ0n) is 9.17. The Labute approximate surface area is 98.2 Å². The highest BCUT2D eigenvalue weighted by atomic mass is 16.5. The van der Waals surface area contributed by atoms with E-state index in [0.717, 1.165) is 6.42 Å². The number of likely N-dealkylation sites (tertiary alicyclic amines) is 1. The van der Waals surface area contributed by atoms with E-state index in [-0.39, 0.29) is 5.91 Å². The highest BCUT2D eigenvalue weighted by Crippen LogP contribution is 2.19. The molecule has 1 aromatic heterocycles. The molecule has 6 nitrogen and oxygen atoms in total. The van der Waals surface area contributed by atoms with Crippen molar-refractivity contribution in [2.75, 3.05) is 6.54 Å². The molecule has 0 saturated carbocycles. The van der Waals surface area contributed by atoms with E-state index in [2.05, 4.69) is 4.98 Å². The van der Waals surface area contributed by atoms with E-state index in [9.17, 15) is 9.59 Å². The summed E-state index contributed by atoms with van der Waals surface area (Å²) in [5, 5.41) is 8.61. The Morgan fingerprint density at radius 3 is 2.94 bits per heavy atom. The average molecular weight is 235 g/mol. The van der Waals surface area contributed by atoms with E-state index < -0.39 is 11.9 Å². The van der Waals surface area contributed by atoms with E-state index in [0.29, 0.717) is 18.7 Å². The lowest BCUT2D eigenvalue weighted by Crippen LogP contribution is -2.45. The van der Waals surface area contributed by atoms with Gasteiger partial charge >= 0.3 is 0 Å². The van der Waals surface area contributed by atoms with E-state index >= 15 is 0 Å². The third-order valence-corrected chi connectivity index (χ3v) is 2.81. The molecule has 1 aliphatic heterocycles. The van der Waals surface area contributed by atoms with Crippen LogP contribution >= 0.6 is 0 Å². The standard InChI is InChI=1S/C11H13N3O3/c15-10(13-17)9-5-3-7-14(9)11(16)8-4-1-2-6-12-8/h1-2,4,6,9,17H,3,5,7H2,(H,13,15)/t9-/m0/s1. The summed E-state index contributed by atoms with van der Waals surface area (Å²) in [5.41, 5.74) is 1.90. The molecule has 17 heavy (non-hydrogen) atoms. The largest absolute Gasteiger partial charge is 0.325 e. The van der Waals surface area contributed by atoms with Gasteiger partial charge in [-0.1, -0.05) is 6.07 Å². The van der Waals surface area contributed by atoms with Crippen molar-refractivity contribution in [1.29, 1.82) is 0 Å². The molecule has 0 aliphatic carbocycles. The van der Waals surface area contributed by atoms with Gasteiger partial charge in [-0.3, -0.25) is 19.8 Å². The number of rotatable bonds is 2. The van der Waals surface area contributed by atoms with Crippen LogP contribution in [0.15, 0.2) is 24.4 Å². The van der Waals surface area contributed by atoms with Crippen molar-refractivity contribution in [3.8, 4) is 0 Å². The Balaban J connectivity index is 2.17. The van der Waals surface area contributed by atoms with Crippen molar-refractivity contribution in [2.24, 2.45) is 0 Å². The van der Waals surface area contributed by atoms with Crippen LogP contribution in [0.2, 0.25) is 0 Å². The summed E-state index contributed by atoms with van der Waals surface area (Å²) in [7, 11) is 0. The Hall–Kier alpha value is -1.95. The highest BCUT2D eigenvalue weighted by Gasteiger charge is 2.34. The molecule has 1 aliphatic rings. The molecule has 2 N–H and O–H groups in total. The fraction of sp³-hybridized carbons (Fsp3) is 0.364. The Morgan fingerprint density at radius 1 is 1.47 bits per heavy atom. The van der Waals surface area contributed by atoms with E-state index in [1.807, 2.05) is 0 Å². The second-order valence-corrected chi connectivity index (χ2v) is 3.85.